The average molecular weight is 702 g/mol. The Bertz CT molecular complexity index is 812. The number of unbranched alkanes of at least 4 members (excludes halogenated alkanes) is 24. The quantitative estimate of drug-likeness (QED) is 0.0487. The van der Waals surface area contributed by atoms with E-state index in [4.69, 9.17) is 0 Å². The summed E-state index contributed by atoms with van der Waals surface area (Å²) in [5.41, 5.74) is -1.60. The molecule has 1 rings (SSSR count). The van der Waals surface area contributed by atoms with Crippen LogP contribution in [0.5, 0.6) is 0 Å². The molecule has 50 heavy (non-hydrogen) atoms. The maximum absolute atomic E-state index is 14.7. The number of hydrogen-bond donors (Lipinski definition) is 0. The predicted octanol–water partition coefficient (Wildman–Crippen LogP) is 13.2. The van der Waals surface area contributed by atoms with Crippen LogP contribution in [0.25, 0.3) is 0 Å². The van der Waals surface area contributed by atoms with Gasteiger partial charge in [0, 0.05) is 32.2 Å². The fourth-order valence-electron chi connectivity index (χ4n) is 8.25. The molecule has 0 radical (unpaired) electrons. The van der Waals surface area contributed by atoms with Crippen LogP contribution in [0.4, 0.5) is 0 Å². The fourth-order valence-corrected chi connectivity index (χ4v) is 8.25. The lowest BCUT2D eigenvalue weighted by atomic mass is 9.66. The van der Waals surface area contributed by atoms with Crippen molar-refractivity contribution in [3.8, 4) is 0 Å². The molecule has 0 aliphatic carbocycles. The number of piperidine rings is 1. The Labute approximate surface area is 310 Å². The summed E-state index contributed by atoms with van der Waals surface area (Å²) in [6.07, 6.45) is 33.5. The molecule has 1 saturated heterocycles. The topological polar surface area (TPSA) is 71.5 Å². The minimum absolute atomic E-state index is 0.0489. The summed E-state index contributed by atoms with van der Waals surface area (Å²) < 4.78 is 0. The van der Waals surface area contributed by atoms with E-state index in [0.29, 0.717) is 45.1 Å². The molecule has 1 atom stereocenters. The van der Waals surface area contributed by atoms with Crippen LogP contribution in [0.1, 0.15) is 246 Å². The number of nitrogens with zero attached hydrogens (tertiary/aromatic N) is 1. The van der Waals surface area contributed by atoms with Crippen molar-refractivity contribution in [3.05, 3.63) is 0 Å². The highest BCUT2D eigenvalue weighted by Gasteiger charge is 2.59. The lowest BCUT2D eigenvalue weighted by Crippen LogP contribution is -2.69. The zero-order valence-electron chi connectivity index (χ0n) is 33.9. The second-order valence-corrected chi connectivity index (χ2v) is 15.8. The van der Waals surface area contributed by atoms with Gasteiger partial charge in [-0.25, -0.2) is 0 Å². The first-order chi connectivity index (χ1) is 24.4. The summed E-state index contributed by atoms with van der Waals surface area (Å²) in [5, 5.41) is 0. The van der Waals surface area contributed by atoms with E-state index in [0.717, 1.165) is 77.0 Å². The Morgan fingerprint density at radius 1 is 0.440 bits per heavy atom. The molecule has 1 unspecified atom stereocenters. The molecule has 5 heteroatoms. The van der Waals surface area contributed by atoms with Gasteiger partial charge in [0.15, 0.2) is 17.1 Å². The molecule has 1 amide bonds. The SMILES string of the molecule is CCCCCCCCCC(=O)C1CCCN(C(=O)CCCCCCCCC)C1(C(=O)CCCCCCCCC)C(=O)CCCCCCCCC. The number of Topliss-reactive ketones (excluding diaryl/α,β-unsaturated/α-hetero) is 3. The van der Waals surface area contributed by atoms with E-state index in [1.54, 1.807) is 4.90 Å². The molecule has 292 valence electrons. The van der Waals surface area contributed by atoms with Crippen molar-refractivity contribution in [2.75, 3.05) is 6.54 Å². The normalized spacial score (nSPS) is 15.8. The zero-order valence-corrected chi connectivity index (χ0v) is 33.9. The standard InChI is InChI=1S/C45H83NO4/c1-5-9-13-17-21-25-29-35-41(47)40-34-33-39-46(44(50)38-32-28-24-20-16-12-8-4)45(40,42(48)36-30-26-22-18-14-10-6-2)43(49)37-31-27-23-19-15-11-7-3/h40H,5-39H2,1-4H3. The van der Waals surface area contributed by atoms with Crippen molar-refractivity contribution in [1.29, 1.82) is 0 Å². The molecule has 1 aliphatic rings. The Morgan fingerprint density at radius 2 is 0.760 bits per heavy atom. The van der Waals surface area contributed by atoms with Crippen molar-refractivity contribution in [1.82, 2.24) is 4.90 Å². The molecule has 1 aliphatic heterocycles. The smallest absolute Gasteiger partial charge is 0.223 e. The summed E-state index contributed by atoms with van der Waals surface area (Å²) in [4.78, 5) is 59.5. The number of rotatable bonds is 35. The molecular formula is C45H83NO4. The molecule has 0 spiro atoms. The number of amides is 1. The van der Waals surface area contributed by atoms with Gasteiger partial charge in [-0.2, -0.15) is 0 Å². The predicted molar refractivity (Wildman–Crippen MR) is 213 cm³/mol. The van der Waals surface area contributed by atoms with Gasteiger partial charge in [-0.05, 0) is 38.5 Å². The van der Waals surface area contributed by atoms with Gasteiger partial charge in [-0.3, -0.25) is 19.2 Å². The Kier molecular flexibility index (Phi) is 28.9. The zero-order chi connectivity index (χ0) is 36.7. The monoisotopic (exact) mass is 702 g/mol. The van der Waals surface area contributed by atoms with E-state index in [1.807, 2.05) is 0 Å². The number of hydrogen-bond acceptors (Lipinski definition) is 4. The number of ketones is 3. The van der Waals surface area contributed by atoms with E-state index in [2.05, 4.69) is 27.7 Å². The molecular weight excluding hydrogens is 618 g/mol. The van der Waals surface area contributed by atoms with Gasteiger partial charge in [0.05, 0.1) is 5.92 Å². The first-order valence-corrected chi connectivity index (χ1v) is 22.3. The number of carbonyl (C=O) groups excluding carboxylic acids is 4. The molecule has 0 N–H and O–H groups in total. The summed E-state index contributed by atoms with van der Waals surface area (Å²) in [7, 11) is 0. The Morgan fingerprint density at radius 3 is 1.14 bits per heavy atom. The van der Waals surface area contributed by atoms with Crippen LogP contribution in [-0.4, -0.2) is 40.2 Å². The minimum Gasteiger partial charge on any atom is -0.323 e. The van der Waals surface area contributed by atoms with Crippen LogP contribution in [0, 0.1) is 5.92 Å². The van der Waals surface area contributed by atoms with Crippen LogP contribution in [0.15, 0.2) is 0 Å². The van der Waals surface area contributed by atoms with Crippen LogP contribution < -0.4 is 0 Å². The third kappa shape index (κ3) is 18.3. The molecule has 1 heterocycles. The van der Waals surface area contributed by atoms with Crippen molar-refractivity contribution >= 4 is 23.3 Å². The summed E-state index contributed by atoms with van der Waals surface area (Å²) in [5.74, 6) is -0.988. The first kappa shape index (κ1) is 46.5. The van der Waals surface area contributed by atoms with Crippen LogP contribution in [-0.2, 0) is 19.2 Å². The molecule has 0 aromatic carbocycles. The van der Waals surface area contributed by atoms with Crippen LogP contribution in [0.2, 0.25) is 0 Å². The summed E-state index contributed by atoms with van der Waals surface area (Å²) in [6.45, 7) is 9.30. The highest BCUT2D eigenvalue weighted by atomic mass is 16.2. The molecule has 0 aromatic rings. The maximum atomic E-state index is 14.7. The third-order valence-corrected chi connectivity index (χ3v) is 11.4. The van der Waals surface area contributed by atoms with Crippen molar-refractivity contribution in [2.24, 2.45) is 5.92 Å². The summed E-state index contributed by atoms with van der Waals surface area (Å²) >= 11 is 0. The molecule has 1 fully saturated rings. The second-order valence-electron chi connectivity index (χ2n) is 15.8. The van der Waals surface area contributed by atoms with Gasteiger partial charge in [0.1, 0.15) is 5.78 Å². The van der Waals surface area contributed by atoms with E-state index in [-0.39, 0.29) is 23.3 Å². The third-order valence-electron chi connectivity index (χ3n) is 11.4. The molecule has 0 aromatic heterocycles. The molecule has 5 nitrogen and oxygen atoms in total. The average Bonchev–Trinajstić information content (AvgIpc) is 3.12. The van der Waals surface area contributed by atoms with Crippen LogP contribution >= 0.6 is 0 Å². The maximum Gasteiger partial charge on any atom is 0.223 e. The van der Waals surface area contributed by atoms with Crippen LogP contribution in [0.3, 0.4) is 0 Å². The van der Waals surface area contributed by atoms with Crippen molar-refractivity contribution in [3.63, 3.8) is 0 Å². The van der Waals surface area contributed by atoms with E-state index in [1.165, 1.54) is 103 Å². The van der Waals surface area contributed by atoms with E-state index >= 15 is 0 Å². The highest BCUT2D eigenvalue weighted by Crippen LogP contribution is 2.41. The Hall–Kier alpha value is -1.52. The van der Waals surface area contributed by atoms with E-state index < -0.39 is 11.5 Å². The Balaban J connectivity index is 3.24. The number of likely N-dealkylation sites (tertiary alicyclic amines) is 1. The van der Waals surface area contributed by atoms with Crippen molar-refractivity contribution in [2.45, 2.75) is 252 Å². The molecule has 0 saturated carbocycles. The van der Waals surface area contributed by atoms with Gasteiger partial charge in [-0.15, -0.1) is 0 Å². The second kappa shape index (κ2) is 31.0. The first-order valence-electron chi connectivity index (χ1n) is 22.3. The highest BCUT2D eigenvalue weighted by molar-refractivity contribution is 6.17. The van der Waals surface area contributed by atoms with E-state index in [9.17, 15) is 19.2 Å². The van der Waals surface area contributed by atoms with Crippen molar-refractivity contribution < 1.29 is 19.2 Å². The largest absolute Gasteiger partial charge is 0.323 e. The van der Waals surface area contributed by atoms with Gasteiger partial charge >= 0.3 is 0 Å². The number of carbonyl (C=O) groups is 4. The van der Waals surface area contributed by atoms with Gasteiger partial charge < -0.3 is 4.90 Å². The minimum atomic E-state index is -1.60. The van der Waals surface area contributed by atoms with Gasteiger partial charge in [0.2, 0.25) is 5.91 Å². The van der Waals surface area contributed by atoms with Gasteiger partial charge in [-0.1, -0.05) is 182 Å². The lowest BCUT2D eigenvalue weighted by Gasteiger charge is -2.49. The lowest BCUT2D eigenvalue weighted by molar-refractivity contribution is -0.165. The van der Waals surface area contributed by atoms with Gasteiger partial charge in [0.25, 0.3) is 0 Å². The fraction of sp³-hybridized carbons (Fsp3) is 0.911. The summed E-state index contributed by atoms with van der Waals surface area (Å²) in [6, 6.07) is 0. The molecule has 0 bridgehead atoms.